The predicted molar refractivity (Wildman–Crippen MR) is 95.7 cm³/mol. The molecule has 1 saturated heterocycles. The number of hydrogen-bond donors (Lipinski definition) is 1. The second kappa shape index (κ2) is 6.57. The highest BCUT2D eigenvalue weighted by atomic mass is 16.5. The van der Waals surface area contributed by atoms with E-state index in [2.05, 4.69) is 0 Å². The lowest BCUT2D eigenvalue weighted by Gasteiger charge is -2.47. The minimum Gasteiger partial charge on any atom is -0.493 e. The molecule has 24 heavy (non-hydrogen) atoms. The monoisotopic (exact) mass is 348 g/mol. The average Bonchev–Trinajstić information content (AvgIpc) is 2.73. The fraction of sp³-hybridized carbons (Fsp3) is 0.700. The summed E-state index contributed by atoms with van der Waals surface area (Å²) >= 11 is 0. The van der Waals surface area contributed by atoms with E-state index in [4.69, 9.17) is 28.7 Å². The van der Waals surface area contributed by atoms with Gasteiger partial charge in [0.25, 0.3) is 0 Å². The number of fused-ring (bicyclic) bond motifs is 3. The lowest BCUT2D eigenvalue weighted by Crippen LogP contribution is -2.48. The lowest BCUT2D eigenvalue weighted by atomic mass is 9.75. The van der Waals surface area contributed by atoms with Crippen LogP contribution in [0.3, 0.4) is 0 Å². The second-order valence-corrected chi connectivity index (χ2v) is 5.92. The predicted octanol–water partition coefficient (Wildman–Crippen LogP) is 3.42. The van der Waals surface area contributed by atoms with Crippen molar-refractivity contribution in [1.82, 2.24) is 4.90 Å². The van der Waals surface area contributed by atoms with Crippen LogP contribution in [0.2, 0.25) is 0 Å². The van der Waals surface area contributed by atoms with Crippen LogP contribution in [0, 0.1) is 11.3 Å². The number of ether oxygens (including phenoxy) is 2. The first kappa shape index (κ1) is 6.81. The normalized spacial score (nSPS) is 47.6. The SMILES string of the molecule is [2H]C12CC(O)C(C([2H])([2H])C(C)(C([2H])([2H])[2H])C([2H])([2H])[2H])C([2H])([2H])N1C([2H])([2H])C([2H])([2H])c1cc(OC)c(OC)cc12. The Balaban J connectivity index is 2.39. The zero-order chi connectivity index (χ0) is 30.6. The Labute approximate surface area is 166 Å². The molecule has 4 heteroatoms. The summed E-state index contributed by atoms with van der Waals surface area (Å²) in [6.07, 6.45) is -9.74. The van der Waals surface area contributed by atoms with Crippen LogP contribution in [0.15, 0.2) is 12.1 Å². The van der Waals surface area contributed by atoms with E-state index in [0.717, 1.165) is 12.1 Å². The summed E-state index contributed by atoms with van der Waals surface area (Å²) in [6.45, 7) is -13.4. The lowest BCUT2D eigenvalue weighted by molar-refractivity contribution is -0.0259. The molecule has 4 nitrogen and oxygen atoms in total. The number of aryl methyl sites for hydroxylation is 1. The topological polar surface area (TPSA) is 41.9 Å². The molecule has 0 radical (unpaired) electrons. The third-order valence-electron chi connectivity index (χ3n) is 3.91. The summed E-state index contributed by atoms with van der Waals surface area (Å²) in [5, 5.41) is 11.2. The van der Waals surface area contributed by atoms with Gasteiger partial charge in [-0.05, 0) is 53.8 Å². The summed E-state index contributed by atoms with van der Waals surface area (Å²) in [4.78, 5) is 0.135. The first-order valence-electron chi connectivity index (χ1n) is 15.0. The van der Waals surface area contributed by atoms with Crippen LogP contribution in [-0.4, -0.2) is 43.3 Å². The maximum absolute atomic E-state index is 11.2. The van der Waals surface area contributed by atoms with Gasteiger partial charge in [0.15, 0.2) is 11.5 Å². The Morgan fingerprint density at radius 3 is 2.79 bits per heavy atom. The minimum absolute atomic E-state index is 0.00678. The molecule has 1 N–H and O–H groups in total. The summed E-state index contributed by atoms with van der Waals surface area (Å²) in [5.41, 5.74) is -3.95. The molecule has 0 amide bonds. The van der Waals surface area contributed by atoms with Crippen molar-refractivity contribution < 1.29 is 35.1 Å². The summed E-state index contributed by atoms with van der Waals surface area (Å²) in [6, 6.07) is -0.322. The molecule has 134 valence electrons. The molecule has 0 spiro atoms. The summed E-state index contributed by atoms with van der Waals surface area (Å²) < 4.78 is 137. The number of benzene rings is 1. The molecule has 1 aromatic rings. The molecule has 0 bridgehead atoms. The maximum atomic E-state index is 11.2. The largest absolute Gasteiger partial charge is 0.493 e. The third kappa shape index (κ3) is 3.40. The zero-order valence-electron chi connectivity index (χ0n) is 28.7. The molecule has 0 aromatic heterocycles. The smallest absolute Gasteiger partial charge is 0.161 e. The van der Waals surface area contributed by atoms with Crippen LogP contribution >= 0.6 is 0 Å². The zero-order valence-corrected chi connectivity index (χ0v) is 13.7. The molecular weight excluding hydrogens is 302 g/mol. The first-order valence-corrected chi connectivity index (χ1v) is 7.48. The van der Waals surface area contributed by atoms with Crippen LogP contribution in [0.25, 0.3) is 0 Å². The van der Waals surface area contributed by atoms with Crippen molar-refractivity contribution in [2.24, 2.45) is 11.3 Å². The number of aliphatic hydroxyl groups is 1. The van der Waals surface area contributed by atoms with E-state index in [1.165, 1.54) is 14.2 Å². The van der Waals surface area contributed by atoms with Gasteiger partial charge in [0.05, 0.1) is 21.7 Å². The van der Waals surface area contributed by atoms with Gasteiger partial charge in [-0.25, -0.2) is 0 Å². The van der Waals surface area contributed by atoms with Crippen molar-refractivity contribution >= 4 is 0 Å². The van der Waals surface area contributed by atoms with Crippen molar-refractivity contribution in [3.8, 4) is 11.5 Å². The van der Waals surface area contributed by atoms with Crippen molar-refractivity contribution in [3.05, 3.63) is 23.3 Å². The van der Waals surface area contributed by atoms with Crippen LogP contribution in [0.5, 0.6) is 11.5 Å². The van der Waals surface area contributed by atoms with Gasteiger partial charge in [-0.15, -0.1) is 0 Å². The fourth-order valence-corrected chi connectivity index (χ4v) is 2.82. The van der Waals surface area contributed by atoms with E-state index >= 15 is 0 Å². The third-order valence-corrected chi connectivity index (χ3v) is 3.91. The van der Waals surface area contributed by atoms with E-state index < -0.39 is 74.9 Å². The minimum atomic E-state index is -3.56. The number of methoxy groups -OCH3 is 2. The number of rotatable bonds is 3. The average molecular weight is 349 g/mol. The molecule has 3 unspecified atom stereocenters. The van der Waals surface area contributed by atoms with E-state index in [-0.39, 0.29) is 22.0 Å². The van der Waals surface area contributed by atoms with Gasteiger partial charge < -0.3 is 14.6 Å². The van der Waals surface area contributed by atoms with Crippen molar-refractivity contribution in [2.75, 3.05) is 27.2 Å². The van der Waals surface area contributed by atoms with Gasteiger partial charge in [0.1, 0.15) is 0 Å². The standard InChI is InChI=1S/C20H31NO3/c1-20(2,3)11-14-12-21-7-6-13-8-18(23-4)19(24-5)9-15(13)16(21)10-17(14)22/h8-9,14,16-17,22H,6-7,10-12H2,1-5H3/i1D3,2D3,6D2,7D2,11D2,12D2,16D. The van der Waals surface area contributed by atoms with E-state index in [9.17, 15) is 6.48 Å². The number of nitrogens with zero attached hydrogens (tertiary/aromatic N) is 1. The molecule has 1 fully saturated rings. The molecule has 3 rings (SSSR count). The Morgan fingerprint density at radius 1 is 1.42 bits per heavy atom. The number of aliphatic hydroxyl groups excluding tert-OH is 1. The molecule has 2 aliphatic heterocycles. The molecule has 1 aromatic carbocycles. The van der Waals surface area contributed by atoms with E-state index in [1.54, 1.807) is 0 Å². The highest BCUT2D eigenvalue weighted by molar-refractivity contribution is 5.49. The van der Waals surface area contributed by atoms with Gasteiger partial charge >= 0.3 is 0 Å². The fourth-order valence-electron chi connectivity index (χ4n) is 2.82. The van der Waals surface area contributed by atoms with E-state index in [0.29, 0.717) is 6.92 Å². The molecule has 2 aliphatic rings. The van der Waals surface area contributed by atoms with Gasteiger partial charge in [-0.3, -0.25) is 4.90 Å². The quantitative estimate of drug-likeness (QED) is 0.909. The summed E-state index contributed by atoms with van der Waals surface area (Å²) in [7, 11) is 2.50. The van der Waals surface area contributed by atoms with Crippen LogP contribution < -0.4 is 9.47 Å². The maximum Gasteiger partial charge on any atom is 0.161 e. The van der Waals surface area contributed by atoms with Gasteiger partial charge in [0.2, 0.25) is 0 Å². The molecule has 3 atom stereocenters. The second-order valence-electron chi connectivity index (χ2n) is 5.92. The molecule has 0 aliphatic carbocycles. The number of piperidine rings is 1. The van der Waals surface area contributed by atoms with Crippen molar-refractivity contribution in [3.63, 3.8) is 0 Å². The molecule has 0 saturated carbocycles. The van der Waals surface area contributed by atoms with Gasteiger partial charge in [-0.1, -0.05) is 20.6 Å². The van der Waals surface area contributed by atoms with Crippen LogP contribution in [0.1, 0.15) is 71.1 Å². The molecular formula is C20H31NO3. The highest BCUT2D eigenvalue weighted by Crippen LogP contribution is 2.44. The highest BCUT2D eigenvalue weighted by Gasteiger charge is 2.39. The molecule has 2 heterocycles. The van der Waals surface area contributed by atoms with Crippen LogP contribution in [-0.2, 0) is 6.37 Å². The number of hydrogen-bond acceptors (Lipinski definition) is 4. The van der Waals surface area contributed by atoms with Gasteiger partial charge in [0, 0.05) is 38.2 Å². The Kier molecular flexibility index (Phi) is 1.86. The van der Waals surface area contributed by atoms with Crippen LogP contribution in [0.4, 0.5) is 0 Å². The summed E-state index contributed by atoms with van der Waals surface area (Å²) in [5.74, 6) is -2.56. The van der Waals surface area contributed by atoms with Gasteiger partial charge in [-0.2, -0.15) is 0 Å². The Hall–Kier alpha value is -1.26. The van der Waals surface area contributed by atoms with Crippen molar-refractivity contribution in [1.29, 1.82) is 0 Å². The Morgan fingerprint density at radius 2 is 2.12 bits per heavy atom. The Bertz CT molecular complexity index is 1120. The van der Waals surface area contributed by atoms with E-state index in [1.807, 2.05) is 0 Å². The first-order chi connectivity index (χ1) is 17.2. The van der Waals surface area contributed by atoms with Crippen molar-refractivity contribution in [2.45, 2.75) is 51.9 Å².